The van der Waals surface area contributed by atoms with Crippen LogP contribution in [-0.4, -0.2) is 55.7 Å². The van der Waals surface area contributed by atoms with Gasteiger partial charge in [0, 0.05) is 32.7 Å². The van der Waals surface area contributed by atoms with Gasteiger partial charge in [0.25, 0.3) is 0 Å². The van der Waals surface area contributed by atoms with E-state index in [0.717, 1.165) is 32.1 Å². The average molecular weight is 198 g/mol. The fourth-order valence-electron chi connectivity index (χ4n) is 2.38. The highest BCUT2D eigenvalue weighted by Crippen LogP contribution is 2.14. The number of hydrogen-bond donors (Lipinski definition) is 2. The van der Waals surface area contributed by atoms with E-state index in [9.17, 15) is 0 Å². The third-order valence-corrected chi connectivity index (χ3v) is 3.38. The number of hydrogen-bond acceptors (Lipinski definition) is 4. The number of piperazine rings is 1. The number of nitrogens with zero attached hydrogens (tertiary/aromatic N) is 2. The number of hydrazine groups is 1. The molecule has 82 valence electrons. The number of nitrogens with one attached hydrogen (secondary N) is 1. The Bertz CT molecular complexity index is 160. The summed E-state index contributed by atoms with van der Waals surface area (Å²) < 4.78 is 0. The van der Waals surface area contributed by atoms with E-state index in [1.54, 1.807) is 0 Å². The first kappa shape index (κ1) is 10.4. The van der Waals surface area contributed by atoms with E-state index >= 15 is 0 Å². The monoisotopic (exact) mass is 198 g/mol. The molecule has 2 fully saturated rings. The van der Waals surface area contributed by atoms with Crippen LogP contribution in [0, 0.1) is 5.92 Å². The summed E-state index contributed by atoms with van der Waals surface area (Å²) in [6, 6.07) is 0. The molecule has 14 heavy (non-hydrogen) atoms. The summed E-state index contributed by atoms with van der Waals surface area (Å²) in [5, 5.41) is 5.34. The van der Waals surface area contributed by atoms with Crippen LogP contribution in [0.4, 0.5) is 0 Å². The Morgan fingerprint density at radius 1 is 1.07 bits per heavy atom. The van der Waals surface area contributed by atoms with Crippen molar-refractivity contribution in [1.29, 1.82) is 0 Å². The minimum absolute atomic E-state index is 0.917. The zero-order valence-electron chi connectivity index (χ0n) is 8.91. The summed E-state index contributed by atoms with van der Waals surface area (Å²) in [7, 11) is 0. The molecular formula is C10H22N4. The lowest BCUT2D eigenvalue weighted by Crippen LogP contribution is -2.50. The Morgan fingerprint density at radius 2 is 1.71 bits per heavy atom. The van der Waals surface area contributed by atoms with Crippen LogP contribution in [0.3, 0.4) is 0 Å². The fourth-order valence-corrected chi connectivity index (χ4v) is 2.38. The maximum absolute atomic E-state index is 5.73. The lowest BCUT2D eigenvalue weighted by Gasteiger charge is -2.35. The second kappa shape index (κ2) is 5.07. The normalized spacial score (nSPS) is 28.1. The Hall–Kier alpha value is -0.160. The van der Waals surface area contributed by atoms with Crippen LogP contribution in [0.15, 0.2) is 0 Å². The van der Waals surface area contributed by atoms with Crippen LogP contribution in [0.5, 0.6) is 0 Å². The summed E-state index contributed by atoms with van der Waals surface area (Å²) in [6.07, 6.45) is 2.70. The van der Waals surface area contributed by atoms with Crippen LogP contribution >= 0.6 is 0 Å². The van der Waals surface area contributed by atoms with Crippen LogP contribution in [0.2, 0.25) is 0 Å². The first-order valence-corrected chi connectivity index (χ1v) is 5.77. The van der Waals surface area contributed by atoms with Crippen molar-refractivity contribution in [2.24, 2.45) is 11.8 Å². The first-order chi connectivity index (χ1) is 6.84. The van der Waals surface area contributed by atoms with Crippen molar-refractivity contribution in [1.82, 2.24) is 15.2 Å². The quantitative estimate of drug-likeness (QED) is 0.586. The lowest BCUT2D eigenvalue weighted by molar-refractivity contribution is 0.112. The van der Waals surface area contributed by atoms with Crippen molar-refractivity contribution in [2.75, 3.05) is 45.8 Å². The zero-order chi connectivity index (χ0) is 9.80. The predicted octanol–water partition coefficient (Wildman–Crippen LogP) is -0.523. The van der Waals surface area contributed by atoms with Gasteiger partial charge in [0.2, 0.25) is 0 Å². The second-order valence-corrected chi connectivity index (χ2v) is 4.53. The van der Waals surface area contributed by atoms with Crippen molar-refractivity contribution in [3.8, 4) is 0 Å². The van der Waals surface area contributed by atoms with Crippen LogP contribution in [-0.2, 0) is 0 Å². The van der Waals surface area contributed by atoms with Crippen molar-refractivity contribution in [3.05, 3.63) is 0 Å². The molecule has 0 atom stereocenters. The van der Waals surface area contributed by atoms with Gasteiger partial charge in [0.15, 0.2) is 0 Å². The van der Waals surface area contributed by atoms with Crippen molar-refractivity contribution >= 4 is 0 Å². The van der Waals surface area contributed by atoms with E-state index in [4.69, 9.17) is 5.84 Å². The first-order valence-electron chi connectivity index (χ1n) is 5.77. The molecule has 2 saturated heterocycles. The van der Waals surface area contributed by atoms with Gasteiger partial charge in [0.1, 0.15) is 0 Å². The average Bonchev–Trinajstić information content (AvgIpc) is 2.23. The standard InChI is InChI=1S/C10H22N4/c11-14-7-5-13(6-8-14)9-10-1-3-12-4-2-10/h10,12H,1-9,11H2. The van der Waals surface area contributed by atoms with Crippen LogP contribution in [0.25, 0.3) is 0 Å². The summed E-state index contributed by atoms with van der Waals surface area (Å²) in [4.78, 5) is 2.57. The van der Waals surface area contributed by atoms with Gasteiger partial charge >= 0.3 is 0 Å². The minimum Gasteiger partial charge on any atom is -0.317 e. The van der Waals surface area contributed by atoms with Gasteiger partial charge in [-0.05, 0) is 31.8 Å². The van der Waals surface area contributed by atoms with Crippen molar-refractivity contribution < 1.29 is 0 Å². The zero-order valence-corrected chi connectivity index (χ0v) is 8.91. The highest BCUT2D eigenvalue weighted by atomic mass is 15.4. The largest absolute Gasteiger partial charge is 0.317 e. The molecule has 2 rings (SSSR count). The Balaban J connectivity index is 1.68. The van der Waals surface area contributed by atoms with Crippen molar-refractivity contribution in [2.45, 2.75) is 12.8 Å². The van der Waals surface area contributed by atoms with E-state index in [-0.39, 0.29) is 0 Å². The van der Waals surface area contributed by atoms with Gasteiger partial charge in [-0.15, -0.1) is 0 Å². The summed E-state index contributed by atoms with van der Waals surface area (Å²) in [5.74, 6) is 6.64. The molecule has 0 aromatic heterocycles. The molecule has 2 aliphatic heterocycles. The number of rotatable bonds is 2. The molecule has 0 bridgehead atoms. The van der Waals surface area contributed by atoms with E-state index in [0.29, 0.717) is 0 Å². The molecule has 2 aliphatic rings. The maximum Gasteiger partial charge on any atom is 0.0257 e. The third kappa shape index (κ3) is 2.92. The molecule has 0 saturated carbocycles. The smallest absolute Gasteiger partial charge is 0.0257 e. The highest BCUT2D eigenvalue weighted by molar-refractivity contribution is 4.75. The highest BCUT2D eigenvalue weighted by Gasteiger charge is 2.19. The molecule has 3 N–H and O–H groups in total. The molecule has 0 aromatic rings. The molecule has 0 aliphatic carbocycles. The van der Waals surface area contributed by atoms with Crippen LogP contribution < -0.4 is 11.2 Å². The number of piperidine rings is 1. The molecule has 0 amide bonds. The molecule has 0 spiro atoms. The lowest BCUT2D eigenvalue weighted by atomic mass is 9.97. The topological polar surface area (TPSA) is 44.5 Å². The maximum atomic E-state index is 5.73. The van der Waals surface area contributed by atoms with E-state index in [2.05, 4.69) is 10.2 Å². The molecule has 4 heteroatoms. The van der Waals surface area contributed by atoms with Crippen molar-refractivity contribution in [3.63, 3.8) is 0 Å². The van der Waals surface area contributed by atoms with E-state index in [1.165, 1.54) is 32.5 Å². The molecule has 0 radical (unpaired) electrons. The van der Waals surface area contributed by atoms with Crippen LogP contribution in [0.1, 0.15) is 12.8 Å². The fraction of sp³-hybridized carbons (Fsp3) is 1.00. The number of nitrogens with two attached hydrogens (primary N) is 1. The predicted molar refractivity (Wildman–Crippen MR) is 57.8 cm³/mol. The molecule has 0 unspecified atom stereocenters. The van der Waals surface area contributed by atoms with Gasteiger partial charge < -0.3 is 10.2 Å². The molecule has 2 heterocycles. The summed E-state index contributed by atoms with van der Waals surface area (Å²) in [6.45, 7) is 8.08. The summed E-state index contributed by atoms with van der Waals surface area (Å²) in [5.41, 5.74) is 0. The Morgan fingerprint density at radius 3 is 2.36 bits per heavy atom. The van der Waals surface area contributed by atoms with Gasteiger partial charge in [-0.3, -0.25) is 5.84 Å². The molecule has 0 aromatic carbocycles. The third-order valence-electron chi connectivity index (χ3n) is 3.38. The Labute approximate surface area is 86.4 Å². The molecule has 4 nitrogen and oxygen atoms in total. The second-order valence-electron chi connectivity index (χ2n) is 4.53. The van der Waals surface area contributed by atoms with Gasteiger partial charge in [-0.25, -0.2) is 5.01 Å². The Kier molecular flexibility index (Phi) is 3.75. The van der Waals surface area contributed by atoms with Gasteiger partial charge in [0.05, 0.1) is 0 Å². The summed E-state index contributed by atoms with van der Waals surface area (Å²) >= 11 is 0. The minimum atomic E-state index is 0.917. The van der Waals surface area contributed by atoms with E-state index < -0.39 is 0 Å². The van der Waals surface area contributed by atoms with Gasteiger partial charge in [-0.2, -0.15) is 0 Å². The SMILES string of the molecule is NN1CCN(CC2CCNCC2)CC1. The molecular weight excluding hydrogens is 176 g/mol. The van der Waals surface area contributed by atoms with E-state index in [1.807, 2.05) is 5.01 Å². The van der Waals surface area contributed by atoms with Gasteiger partial charge in [-0.1, -0.05) is 0 Å².